The number of aliphatic hydroxyl groups excluding tert-OH is 1. The Hall–Kier alpha value is -1.99. The lowest BCUT2D eigenvalue weighted by molar-refractivity contribution is 0.244. The number of aliphatic hydroxyl groups is 1. The molecule has 6 N–H and O–H groups in total. The molecular formula is C14H21ClN6O5S. The molecule has 27 heavy (non-hydrogen) atoms. The lowest BCUT2D eigenvalue weighted by atomic mass is 10.1. The van der Waals surface area contributed by atoms with Gasteiger partial charge in [-0.2, -0.15) is 18.4 Å². The molecule has 0 aromatic carbocycles. The van der Waals surface area contributed by atoms with Crippen LogP contribution in [0.2, 0.25) is 0 Å². The van der Waals surface area contributed by atoms with Gasteiger partial charge in [0.2, 0.25) is 5.95 Å². The van der Waals surface area contributed by atoms with Crippen molar-refractivity contribution in [1.29, 1.82) is 0 Å². The molecule has 2 atom stereocenters. The highest BCUT2D eigenvalue weighted by atomic mass is 35.5. The number of hydrogen-bond acceptors (Lipinski definition) is 8. The van der Waals surface area contributed by atoms with E-state index in [9.17, 15) is 5.11 Å². The minimum atomic E-state index is -4.67. The lowest BCUT2D eigenvalue weighted by Crippen LogP contribution is -2.10. The van der Waals surface area contributed by atoms with Crippen LogP contribution >= 0.6 is 12.4 Å². The van der Waals surface area contributed by atoms with Crippen molar-refractivity contribution < 1.29 is 22.6 Å². The second kappa shape index (κ2) is 8.35. The number of aromatic nitrogens is 4. The van der Waals surface area contributed by atoms with Gasteiger partial charge in [0.15, 0.2) is 17.0 Å². The summed E-state index contributed by atoms with van der Waals surface area (Å²) in [4.78, 5) is 13.1. The summed E-state index contributed by atoms with van der Waals surface area (Å²) in [6, 6.07) is 0.646. The van der Waals surface area contributed by atoms with Crippen LogP contribution in [0.4, 0.5) is 11.8 Å². The zero-order valence-corrected chi connectivity index (χ0v) is 15.8. The molecule has 0 saturated heterocycles. The zero-order valence-electron chi connectivity index (χ0n) is 14.1. The van der Waals surface area contributed by atoms with Crippen molar-refractivity contribution in [3.05, 3.63) is 18.5 Å². The Kier molecular flexibility index (Phi) is 6.59. The molecule has 2 aromatic rings. The van der Waals surface area contributed by atoms with Gasteiger partial charge in [-0.25, -0.2) is 4.98 Å². The van der Waals surface area contributed by atoms with E-state index in [-0.39, 0.29) is 36.9 Å². The number of halogens is 1. The smallest absolute Gasteiger partial charge is 0.394 e. The summed E-state index contributed by atoms with van der Waals surface area (Å²) in [5.41, 5.74) is 7.35. The molecule has 1 saturated carbocycles. The minimum Gasteiger partial charge on any atom is -0.396 e. The largest absolute Gasteiger partial charge is 0.396 e. The third-order valence-electron chi connectivity index (χ3n) is 4.10. The summed E-state index contributed by atoms with van der Waals surface area (Å²) < 4.78 is 33.6. The number of nitrogens with zero attached hydrogens (tertiary/aromatic N) is 4. The van der Waals surface area contributed by atoms with Gasteiger partial charge in [-0.1, -0.05) is 12.2 Å². The number of allylic oxidation sites excluding steroid dienone is 1. The molecule has 0 unspecified atom stereocenters. The third-order valence-corrected chi connectivity index (χ3v) is 4.10. The number of hydrogen-bond donors (Lipinski definition) is 5. The number of anilines is 2. The summed E-state index contributed by atoms with van der Waals surface area (Å²) in [6.45, 7) is 0.172. The fourth-order valence-corrected chi connectivity index (χ4v) is 2.79. The van der Waals surface area contributed by atoms with Crippen LogP contribution in [0.3, 0.4) is 0 Å². The van der Waals surface area contributed by atoms with Gasteiger partial charge in [0, 0.05) is 18.6 Å². The van der Waals surface area contributed by atoms with Gasteiger partial charge in [0.1, 0.15) is 0 Å². The number of rotatable bonds is 4. The number of nitrogen functional groups attached to an aromatic ring is 1. The van der Waals surface area contributed by atoms with Crippen LogP contribution in [-0.2, 0) is 10.4 Å². The molecule has 2 heterocycles. The fourth-order valence-electron chi connectivity index (χ4n) is 2.79. The molecule has 4 rings (SSSR count). The monoisotopic (exact) mass is 420 g/mol. The third kappa shape index (κ3) is 5.74. The molecule has 0 spiro atoms. The highest BCUT2D eigenvalue weighted by Gasteiger charge is 2.26. The summed E-state index contributed by atoms with van der Waals surface area (Å²) >= 11 is 0. The van der Waals surface area contributed by atoms with Gasteiger partial charge in [-0.3, -0.25) is 9.11 Å². The molecule has 150 valence electrons. The van der Waals surface area contributed by atoms with Gasteiger partial charge in [0.05, 0.1) is 12.4 Å². The van der Waals surface area contributed by atoms with Crippen molar-refractivity contribution in [1.82, 2.24) is 19.5 Å². The van der Waals surface area contributed by atoms with Gasteiger partial charge in [0.25, 0.3) is 0 Å². The Bertz CT molecular complexity index is 921. The van der Waals surface area contributed by atoms with Crippen LogP contribution in [0, 0.1) is 5.92 Å². The van der Waals surface area contributed by atoms with E-state index in [0.717, 1.165) is 36.2 Å². The maximum atomic E-state index is 9.26. The van der Waals surface area contributed by atoms with E-state index in [1.165, 1.54) is 0 Å². The van der Waals surface area contributed by atoms with E-state index >= 15 is 0 Å². The van der Waals surface area contributed by atoms with E-state index in [1.54, 1.807) is 6.33 Å². The number of nitrogens with two attached hydrogens (primary N) is 1. The van der Waals surface area contributed by atoms with E-state index in [2.05, 4.69) is 26.3 Å². The molecule has 0 amide bonds. The number of imidazole rings is 1. The molecule has 2 aliphatic carbocycles. The average molecular weight is 421 g/mol. The first-order valence-electron chi connectivity index (χ1n) is 8.00. The van der Waals surface area contributed by atoms with Crippen LogP contribution in [-0.4, -0.2) is 54.8 Å². The predicted molar refractivity (Wildman–Crippen MR) is 101 cm³/mol. The molecule has 2 aliphatic rings. The van der Waals surface area contributed by atoms with E-state index in [4.69, 9.17) is 23.3 Å². The molecule has 11 nitrogen and oxygen atoms in total. The molecule has 13 heteroatoms. The first kappa shape index (κ1) is 21.3. The minimum absolute atomic E-state index is 0. The Morgan fingerprint density at radius 3 is 2.48 bits per heavy atom. The van der Waals surface area contributed by atoms with Crippen LogP contribution < -0.4 is 11.1 Å². The lowest BCUT2D eigenvalue weighted by Gasteiger charge is -2.13. The molecule has 0 aliphatic heterocycles. The topological polar surface area (TPSA) is 176 Å². The van der Waals surface area contributed by atoms with E-state index in [1.807, 2.05) is 10.6 Å². The quantitative estimate of drug-likeness (QED) is 0.352. The maximum Gasteiger partial charge on any atom is 0.394 e. The average Bonchev–Trinajstić information content (AvgIpc) is 3.07. The maximum absolute atomic E-state index is 9.26. The fraction of sp³-hybridized carbons (Fsp3) is 0.500. The van der Waals surface area contributed by atoms with Crippen molar-refractivity contribution in [2.75, 3.05) is 17.7 Å². The van der Waals surface area contributed by atoms with Crippen LogP contribution in [0.15, 0.2) is 18.5 Å². The second-order valence-corrected chi connectivity index (χ2v) is 7.15. The summed E-state index contributed by atoms with van der Waals surface area (Å²) in [7, 11) is -4.67. The highest BCUT2D eigenvalue weighted by molar-refractivity contribution is 7.79. The number of nitrogens with one attached hydrogen (secondary N) is 1. The van der Waals surface area contributed by atoms with Crippen molar-refractivity contribution in [2.45, 2.75) is 31.3 Å². The normalized spacial score (nSPS) is 21.4. The van der Waals surface area contributed by atoms with Crippen molar-refractivity contribution in [2.24, 2.45) is 5.92 Å². The standard InChI is InChI=1S/C14H18N6O.ClH.H2O4S/c15-14-18-12(17-9-2-3-9)11-13(19-14)20(7-16-11)10-4-1-8(5-10)6-21;;1-5(2,3)4/h1,4,7-10,21H,2-3,5-6H2,(H3,15,17,18,19);1H;(H2,1,2,3,4)/t8-,10+;;/m1../s1. The summed E-state index contributed by atoms with van der Waals surface area (Å²) in [6.07, 6.45) is 9.10. The Morgan fingerprint density at radius 2 is 1.93 bits per heavy atom. The SMILES string of the molecule is Cl.Nc1nc(NC2CC2)c2ncn([C@H]3C=C[C@@H](CO)C3)c2n1.O=S(=O)(O)O. The molecule has 0 bridgehead atoms. The van der Waals surface area contributed by atoms with Crippen molar-refractivity contribution in [3.8, 4) is 0 Å². The molecular weight excluding hydrogens is 400 g/mol. The first-order valence-corrected chi connectivity index (χ1v) is 9.40. The van der Waals surface area contributed by atoms with Crippen LogP contribution in [0.25, 0.3) is 11.2 Å². The highest BCUT2D eigenvalue weighted by Crippen LogP contribution is 2.32. The Morgan fingerprint density at radius 1 is 1.26 bits per heavy atom. The summed E-state index contributed by atoms with van der Waals surface area (Å²) in [5.74, 6) is 1.18. The van der Waals surface area contributed by atoms with Crippen molar-refractivity contribution >= 4 is 45.7 Å². The van der Waals surface area contributed by atoms with Gasteiger partial charge in [-0.15, -0.1) is 12.4 Å². The Balaban J connectivity index is 0.000000390. The van der Waals surface area contributed by atoms with Gasteiger partial charge < -0.3 is 20.7 Å². The van der Waals surface area contributed by atoms with Gasteiger partial charge >= 0.3 is 10.4 Å². The van der Waals surface area contributed by atoms with E-state index in [0.29, 0.717) is 6.04 Å². The predicted octanol–water partition coefficient (Wildman–Crippen LogP) is 0.861. The molecule has 1 fully saturated rings. The van der Waals surface area contributed by atoms with Crippen LogP contribution in [0.1, 0.15) is 25.3 Å². The van der Waals surface area contributed by atoms with Crippen molar-refractivity contribution in [3.63, 3.8) is 0 Å². The first-order chi connectivity index (χ1) is 12.2. The van der Waals surface area contributed by atoms with Crippen LogP contribution in [0.5, 0.6) is 0 Å². The number of fused-ring (bicyclic) bond motifs is 1. The van der Waals surface area contributed by atoms with E-state index < -0.39 is 10.4 Å². The second-order valence-electron chi connectivity index (χ2n) is 6.25. The Labute approximate surface area is 161 Å². The summed E-state index contributed by atoms with van der Waals surface area (Å²) in [5, 5.41) is 12.6. The molecule has 2 aromatic heterocycles. The zero-order chi connectivity index (χ0) is 18.9. The molecule has 0 radical (unpaired) electrons. The van der Waals surface area contributed by atoms with Gasteiger partial charge in [-0.05, 0) is 19.3 Å².